The van der Waals surface area contributed by atoms with Crippen molar-refractivity contribution in [1.29, 1.82) is 0 Å². The topological polar surface area (TPSA) is 49.4 Å². The van der Waals surface area contributed by atoms with Gasteiger partial charge in [-0.3, -0.25) is 9.59 Å². The normalized spacial score (nSPS) is 10.6. The SMILES string of the molecule is CC(=O)N(CCC(=O)NCC(C)C)c1ccc(Cl)cc1Cl. The Morgan fingerprint density at radius 2 is 1.95 bits per heavy atom. The molecule has 0 radical (unpaired) electrons. The lowest BCUT2D eigenvalue weighted by Crippen LogP contribution is -2.35. The van der Waals surface area contributed by atoms with Crippen molar-refractivity contribution in [2.75, 3.05) is 18.0 Å². The lowest BCUT2D eigenvalue weighted by atomic mass is 10.2. The van der Waals surface area contributed by atoms with Gasteiger partial charge in [0.1, 0.15) is 0 Å². The van der Waals surface area contributed by atoms with Crippen LogP contribution in [0.4, 0.5) is 5.69 Å². The van der Waals surface area contributed by atoms with Crippen molar-refractivity contribution in [3.8, 4) is 0 Å². The van der Waals surface area contributed by atoms with E-state index < -0.39 is 0 Å². The number of halogens is 2. The summed E-state index contributed by atoms with van der Waals surface area (Å²) in [7, 11) is 0. The Morgan fingerprint density at radius 1 is 1.29 bits per heavy atom. The monoisotopic (exact) mass is 330 g/mol. The Morgan fingerprint density at radius 3 is 2.48 bits per heavy atom. The Balaban J connectivity index is 2.71. The molecular weight excluding hydrogens is 311 g/mol. The van der Waals surface area contributed by atoms with Gasteiger partial charge in [-0.05, 0) is 24.1 Å². The van der Waals surface area contributed by atoms with Crippen LogP contribution in [0.3, 0.4) is 0 Å². The molecule has 0 bridgehead atoms. The molecule has 0 aliphatic carbocycles. The first-order valence-electron chi connectivity index (χ1n) is 6.81. The van der Waals surface area contributed by atoms with Crippen LogP contribution in [0.2, 0.25) is 10.0 Å². The Labute approximate surface area is 135 Å². The van der Waals surface area contributed by atoms with E-state index in [1.165, 1.54) is 11.8 Å². The van der Waals surface area contributed by atoms with Crippen LogP contribution in [0.1, 0.15) is 27.2 Å². The molecule has 2 amide bonds. The molecule has 1 aromatic carbocycles. The lowest BCUT2D eigenvalue weighted by molar-refractivity contribution is -0.121. The molecule has 0 fully saturated rings. The molecule has 4 nitrogen and oxygen atoms in total. The summed E-state index contributed by atoms with van der Waals surface area (Å²) in [5, 5.41) is 3.71. The van der Waals surface area contributed by atoms with E-state index in [2.05, 4.69) is 5.32 Å². The summed E-state index contributed by atoms with van der Waals surface area (Å²) < 4.78 is 0. The molecule has 116 valence electrons. The van der Waals surface area contributed by atoms with Gasteiger partial charge >= 0.3 is 0 Å². The maximum absolute atomic E-state index is 11.8. The van der Waals surface area contributed by atoms with Gasteiger partial charge in [0, 0.05) is 31.5 Å². The number of amides is 2. The van der Waals surface area contributed by atoms with E-state index >= 15 is 0 Å². The average molecular weight is 331 g/mol. The highest BCUT2D eigenvalue weighted by Crippen LogP contribution is 2.29. The van der Waals surface area contributed by atoms with Crippen molar-refractivity contribution in [2.24, 2.45) is 5.92 Å². The van der Waals surface area contributed by atoms with Crippen LogP contribution in [0, 0.1) is 5.92 Å². The smallest absolute Gasteiger partial charge is 0.223 e. The predicted molar refractivity (Wildman–Crippen MR) is 87.0 cm³/mol. The highest BCUT2D eigenvalue weighted by molar-refractivity contribution is 6.36. The van der Waals surface area contributed by atoms with E-state index in [1.807, 2.05) is 13.8 Å². The maximum atomic E-state index is 11.8. The van der Waals surface area contributed by atoms with Gasteiger partial charge in [0.25, 0.3) is 0 Å². The maximum Gasteiger partial charge on any atom is 0.223 e. The van der Waals surface area contributed by atoms with E-state index in [1.54, 1.807) is 18.2 Å². The molecule has 0 atom stereocenters. The summed E-state index contributed by atoms with van der Waals surface area (Å²) in [5.41, 5.74) is 0.560. The van der Waals surface area contributed by atoms with Crippen LogP contribution in [-0.4, -0.2) is 24.9 Å². The lowest BCUT2D eigenvalue weighted by Gasteiger charge is -2.22. The van der Waals surface area contributed by atoms with Gasteiger partial charge in [-0.1, -0.05) is 37.0 Å². The average Bonchev–Trinajstić information content (AvgIpc) is 2.38. The summed E-state index contributed by atoms with van der Waals surface area (Å²) in [4.78, 5) is 25.0. The molecule has 0 unspecified atom stereocenters. The van der Waals surface area contributed by atoms with Crippen molar-refractivity contribution in [1.82, 2.24) is 5.32 Å². The van der Waals surface area contributed by atoms with Gasteiger partial charge in [0.2, 0.25) is 11.8 Å². The van der Waals surface area contributed by atoms with Crippen molar-refractivity contribution in [2.45, 2.75) is 27.2 Å². The zero-order chi connectivity index (χ0) is 16.0. The number of hydrogen-bond acceptors (Lipinski definition) is 2. The summed E-state index contributed by atoms with van der Waals surface area (Å²) in [6, 6.07) is 4.92. The van der Waals surface area contributed by atoms with Gasteiger partial charge in [-0.2, -0.15) is 0 Å². The molecule has 1 N–H and O–H groups in total. The third-order valence-electron chi connectivity index (χ3n) is 2.85. The van der Waals surface area contributed by atoms with Crippen LogP contribution < -0.4 is 10.2 Å². The minimum atomic E-state index is -0.170. The molecule has 1 aromatic rings. The van der Waals surface area contributed by atoms with Crippen LogP contribution >= 0.6 is 23.2 Å². The highest BCUT2D eigenvalue weighted by atomic mass is 35.5. The molecule has 0 saturated carbocycles. The standard InChI is InChI=1S/C15H20Cl2N2O2/c1-10(2)9-18-15(21)6-7-19(11(3)20)14-5-4-12(16)8-13(14)17/h4-5,8,10H,6-7,9H2,1-3H3,(H,18,21). The van der Waals surface area contributed by atoms with Gasteiger partial charge in [0.15, 0.2) is 0 Å². The van der Waals surface area contributed by atoms with Crippen LogP contribution in [0.25, 0.3) is 0 Å². The van der Waals surface area contributed by atoms with E-state index in [-0.39, 0.29) is 24.8 Å². The number of benzene rings is 1. The molecule has 0 spiro atoms. The van der Waals surface area contributed by atoms with Crippen LogP contribution in [0.5, 0.6) is 0 Å². The van der Waals surface area contributed by atoms with Crippen molar-refractivity contribution < 1.29 is 9.59 Å². The molecule has 0 aliphatic heterocycles. The van der Waals surface area contributed by atoms with Gasteiger partial charge in [-0.25, -0.2) is 0 Å². The molecule has 0 aliphatic rings. The number of nitrogens with zero attached hydrogens (tertiary/aromatic N) is 1. The summed E-state index contributed by atoms with van der Waals surface area (Å²) in [5.74, 6) is 0.138. The second kappa shape index (κ2) is 8.25. The Hall–Kier alpha value is -1.26. The Kier molecular flexibility index (Phi) is 6.99. The first-order chi connectivity index (χ1) is 9.81. The van der Waals surface area contributed by atoms with Crippen molar-refractivity contribution >= 4 is 40.7 Å². The first-order valence-corrected chi connectivity index (χ1v) is 7.56. The first kappa shape index (κ1) is 17.8. The molecule has 21 heavy (non-hydrogen) atoms. The highest BCUT2D eigenvalue weighted by Gasteiger charge is 2.16. The zero-order valence-electron chi connectivity index (χ0n) is 12.5. The van der Waals surface area contributed by atoms with Gasteiger partial charge in [0.05, 0.1) is 10.7 Å². The number of hydrogen-bond donors (Lipinski definition) is 1. The molecule has 6 heteroatoms. The van der Waals surface area contributed by atoms with E-state index in [9.17, 15) is 9.59 Å². The van der Waals surface area contributed by atoms with Crippen molar-refractivity contribution in [3.63, 3.8) is 0 Å². The number of anilines is 1. The summed E-state index contributed by atoms with van der Waals surface area (Å²) in [6.07, 6.45) is 0.227. The van der Waals surface area contributed by atoms with E-state index in [0.717, 1.165) is 0 Å². The second-order valence-corrected chi connectivity index (χ2v) is 6.06. The number of carbonyl (C=O) groups excluding carboxylic acids is 2. The fourth-order valence-corrected chi connectivity index (χ4v) is 2.28. The molecule has 0 heterocycles. The van der Waals surface area contributed by atoms with Crippen molar-refractivity contribution in [3.05, 3.63) is 28.2 Å². The zero-order valence-corrected chi connectivity index (χ0v) is 14.0. The Bertz CT molecular complexity index is 518. The summed E-state index contributed by atoms with van der Waals surface area (Å²) >= 11 is 12.0. The number of rotatable bonds is 6. The molecule has 1 rings (SSSR count). The second-order valence-electron chi connectivity index (χ2n) is 5.21. The molecular formula is C15H20Cl2N2O2. The van der Waals surface area contributed by atoms with Crippen LogP contribution in [-0.2, 0) is 9.59 Å². The minimum Gasteiger partial charge on any atom is -0.356 e. The van der Waals surface area contributed by atoms with Gasteiger partial charge < -0.3 is 10.2 Å². The quantitative estimate of drug-likeness (QED) is 0.867. The largest absolute Gasteiger partial charge is 0.356 e. The minimum absolute atomic E-state index is 0.0833. The fourth-order valence-electron chi connectivity index (χ4n) is 1.77. The molecule has 0 aromatic heterocycles. The van der Waals surface area contributed by atoms with E-state index in [4.69, 9.17) is 23.2 Å². The third kappa shape index (κ3) is 5.94. The molecule has 0 saturated heterocycles. The van der Waals surface area contributed by atoms with Crippen LogP contribution in [0.15, 0.2) is 18.2 Å². The van der Waals surface area contributed by atoms with Gasteiger partial charge in [-0.15, -0.1) is 0 Å². The third-order valence-corrected chi connectivity index (χ3v) is 3.39. The number of nitrogens with one attached hydrogen (secondary N) is 1. The summed E-state index contributed by atoms with van der Waals surface area (Å²) in [6.45, 7) is 6.39. The number of carbonyl (C=O) groups is 2. The fraction of sp³-hybridized carbons (Fsp3) is 0.467. The van der Waals surface area contributed by atoms with E-state index in [0.29, 0.717) is 28.2 Å². The predicted octanol–water partition coefficient (Wildman–Crippen LogP) is 3.51.